The average molecular weight is 258 g/mol. The van der Waals surface area contributed by atoms with E-state index in [1.54, 1.807) is 11.8 Å². The molecule has 0 rings (SSSR count). The smallest absolute Gasteiger partial charge is 0.317 e. The lowest BCUT2D eigenvalue weighted by Crippen LogP contribution is -2.49. The molecule has 0 spiro atoms. The van der Waals surface area contributed by atoms with Gasteiger partial charge in [0.1, 0.15) is 0 Å². The van der Waals surface area contributed by atoms with Crippen molar-refractivity contribution in [1.82, 2.24) is 10.2 Å². The Morgan fingerprint density at radius 2 is 1.78 bits per heavy atom. The van der Waals surface area contributed by atoms with Crippen molar-refractivity contribution < 1.29 is 14.7 Å². The normalized spacial score (nSPS) is 15.6. The van der Waals surface area contributed by atoms with Gasteiger partial charge in [-0.25, -0.2) is 4.79 Å². The van der Waals surface area contributed by atoms with Gasteiger partial charge in [0.05, 0.1) is 6.42 Å². The third kappa shape index (κ3) is 5.38. The van der Waals surface area contributed by atoms with E-state index in [0.717, 1.165) is 6.42 Å². The number of nitrogens with one attached hydrogen (secondary N) is 1. The van der Waals surface area contributed by atoms with E-state index in [4.69, 9.17) is 5.11 Å². The Morgan fingerprint density at radius 1 is 1.22 bits per heavy atom. The maximum absolute atomic E-state index is 12.0. The molecule has 0 aliphatic heterocycles. The highest BCUT2D eigenvalue weighted by molar-refractivity contribution is 5.76. The molecule has 3 atom stereocenters. The van der Waals surface area contributed by atoms with Gasteiger partial charge in [-0.15, -0.1) is 0 Å². The number of carboxylic acids is 1. The van der Waals surface area contributed by atoms with Crippen LogP contribution in [0.15, 0.2) is 0 Å². The quantitative estimate of drug-likeness (QED) is 0.736. The van der Waals surface area contributed by atoms with E-state index >= 15 is 0 Å². The van der Waals surface area contributed by atoms with Crippen LogP contribution < -0.4 is 5.32 Å². The van der Waals surface area contributed by atoms with Crippen molar-refractivity contribution in [2.24, 2.45) is 5.92 Å². The van der Waals surface area contributed by atoms with E-state index in [2.05, 4.69) is 19.2 Å². The summed E-state index contributed by atoms with van der Waals surface area (Å²) in [5.41, 5.74) is 0. The number of carboxylic acid groups (broad SMARTS) is 1. The van der Waals surface area contributed by atoms with Crippen LogP contribution in [0.5, 0.6) is 0 Å². The van der Waals surface area contributed by atoms with Gasteiger partial charge in [0.15, 0.2) is 0 Å². The molecule has 2 N–H and O–H groups in total. The first kappa shape index (κ1) is 16.7. The van der Waals surface area contributed by atoms with Crippen LogP contribution in [-0.4, -0.2) is 40.6 Å². The third-order valence-corrected chi connectivity index (χ3v) is 3.45. The Balaban J connectivity index is 4.47. The third-order valence-electron chi connectivity index (χ3n) is 3.45. The first-order valence-electron chi connectivity index (χ1n) is 6.62. The molecule has 0 aromatic heterocycles. The lowest BCUT2D eigenvalue weighted by atomic mass is 10.0. The summed E-state index contributed by atoms with van der Waals surface area (Å²) in [6.07, 6.45) is 0.969. The molecule has 0 saturated heterocycles. The van der Waals surface area contributed by atoms with E-state index in [0.29, 0.717) is 12.5 Å². The second-order valence-electron chi connectivity index (χ2n) is 4.86. The van der Waals surface area contributed by atoms with Crippen LogP contribution in [0.4, 0.5) is 4.79 Å². The number of urea groups is 1. The first-order valence-corrected chi connectivity index (χ1v) is 6.62. The second kappa shape index (κ2) is 7.95. The van der Waals surface area contributed by atoms with E-state index < -0.39 is 5.97 Å². The zero-order valence-corrected chi connectivity index (χ0v) is 12.1. The summed E-state index contributed by atoms with van der Waals surface area (Å²) < 4.78 is 0. The Labute approximate surface area is 110 Å². The minimum atomic E-state index is -0.885. The summed E-state index contributed by atoms with van der Waals surface area (Å²) in [5.74, 6) is -0.480. The van der Waals surface area contributed by atoms with Gasteiger partial charge in [-0.3, -0.25) is 4.79 Å². The summed E-state index contributed by atoms with van der Waals surface area (Å²) in [7, 11) is 0. The highest BCUT2D eigenvalue weighted by Gasteiger charge is 2.22. The molecule has 0 aliphatic rings. The lowest BCUT2D eigenvalue weighted by molar-refractivity contribution is -0.138. The standard InChI is InChI=1S/C13H26N2O3/c1-6-9(3)11(5)14-13(18)15(7-2)10(4)8-12(16)17/h9-11H,6-8H2,1-5H3,(H,14,18)(H,16,17). The molecule has 0 fully saturated rings. The van der Waals surface area contributed by atoms with Crippen molar-refractivity contribution in [3.63, 3.8) is 0 Å². The van der Waals surface area contributed by atoms with Gasteiger partial charge in [-0.1, -0.05) is 20.3 Å². The summed E-state index contributed by atoms with van der Waals surface area (Å²) >= 11 is 0. The van der Waals surface area contributed by atoms with Gasteiger partial charge in [0.2, 0.25) is 0 Å². The van der Waals surface area contributed by atoms with Crippen LogP contribution >= 0.6 is 0 Å². The fourth-order valence-corrected chi connectivity index (χ4v) is 1.79. The molecule has 3 unspecified atom stereocenters. The van der Waals surface area contributed by atoms with Crippen LogP contribution in [0.25, 0.3) is 0 Å². The Bertz CT molecular complexity index is 281. The molecule has 0 aliphatic carbocycles. The molecule has 5 heteroatoms. The monoisotopic (exact) mass is 258 g/mol. The minimum Gasteiger partial charge on any atom is -0.481 e. The van der Waals surface area contributed by atoms with Gasteiger partial charge in [-0.2, -0.15) is 0 Å². The van der Waals surface area contributed by atoms with Crippen LogP contribution in [0, 0.1) is 5.92 Å². The Hall–Kier alpha value is -1.26. The zero-order chi connectivity index (χ0) is 14.3. The summed E-state index contributed by atoms with van der Waals surface area (Å²) in [4.78, 5) is 24.3. The van der Waals surface area contributed by atoms with Crippen molar-refractivity contribution in [2.75, 3.05) is 6.54 Å². The minimum absolute atomic E-state index is 0.0288. The van der Waals surface area contributed by atoms with E-state index in [1.807, 2.05) is 13.8 Å². The maximum Gasteiger partial charge on any atom is 0.317 e. The number of nitrogens with zero attached hydrogens (tertiary/aromatic N) is 1. The van der Waals surface area contributed by atoms with Gasteiger partial charge >= 0.3 is 12.0 Å². The molecule has 0 saturated carbocycles. The molecular formula is C13H26N2O3. The van der Waals surface area contributed by atoms with Gasteiger partial charge in [0, 0.05) is 18.6 Å². The van der Waals surface area contributed by atoms with Crippen molar-refractivity contribution in [3.05, 3.63) is 0 Å². The summed E-state index contributed by atoms with van der Waals surface area (Å²) in [5, 5.41) is 11.7. The molecule has 18 heavy (non-hydrogen) atoms. The highest BCUT2D eigenvalue weighted by Crippen LogP contribution is 2.09. The number of aliphatic carboxylic acids is 1. The van der Waals surface area contributed by atoms with Crippen molar-refractivity contribution >= 4 is 12.0 Å². The molecule has 2 amide bonds. The fourth-order valence-electron chi connectivity index (χ4n) is 1.79. The predicted octanol–water partition coefficient (Wildman–Crippen LogP) is 2.32. The first-order chi connectivity index (χ1) is 8.33. The van der Waals surface area contributed by atoms with E-state index in [1.165, 1.54) is 0 Å². The predicted molar refractivity (Wildman–Crippen MR) is 71.5 cm³/mol. The lowest BCUT2D eigenvalue weighted by Gasteiger charge is -2.30. The molecule has 0 aromatic carbocycles. The molecule has 106 valence electrons. The zero-order valence-electron chi connectivity index (χ0n) is 12.1. The van der Waals surface area contributed by atoms with E-state index in [9.17, 15) is 9.59 Å². The van der Waals surface area contributed by atoms with Crippen LogP contribution in [0.2, 0.25) is 0 Å². The molecule has 0 bridgehead atoms. The average Bonchev–Trinajstić information content (AvgIpc) is 2.27. The number of hydrogen-bond acceptors (Lipinski definition) is 2. The summed E-state index contributed by atoms with van der Waals surface area (Å²) in [6, 6.07) is -0.385. The number of carbonyl (C=O) groups is 2. The van der Waals surface area contributed by atoms with Crippen LogP contribution in [0.3, 0.4) is 0 Å². The fraction of sp³-hybridized carbons (Fsp3) is 0.846. The second-order valence-corrected chi connectivity index (χ2v) is 4.86. The SMILES string of the molecule is CCC(C)C(C)NC(=O)N(CC)C(C)CC(=O)O. The van der Waals surface area contributed by atoms with Gasteiger partial charge in [0.25, 0.3) is 0 Å². The molecule has 0 aromatic rings. The van der Waals surface area contributed by atoms with Crippen LogP contribution in [-0.2, 0) is 4.79 Å². The number of rotatable bonds is 7. The summed E-state index contributed by atoms with van der Waals surface area (Å²) in [6.45, 7) is 10.3. The molecular weight excluding hydrogens is 232 g/mol. The van der Waals surface area contributed by atoms with Gasteiger partial charge in [-0.05, 0) is 26.7 Å². The van der Waals surface area contributed by atoms with Crippen LogP contribution in [0.1, 0.15) is 47.5 Å². The van der Waals surface area contributed by atoms with Crippen molar-refractivity contribution in [1.29, 1.82) is 0 Å². The number of hydrogen-bond donors (Lipinski definition) is 2. The topological polar surface area (TPSA) is 69.6 Å². The van der Waals surface area contributed by atoms with E-state index in [-0.39, 0.29) is 24.5 Å². The Kier molecular flexibility index (Phi) is 7.39. The maximum atomic E-state index is 12.0. The number of amides is 2. The van der Waals surface area contributed by atoms with Gasteiger partial charge < -0.3 is 15.3 Å². The number of carbonyl (C=O) groups excluding carboxylic acids is 1. The largest absolute Gasteiger partial charge is 0.481 e. The molecule has 0 heterocycles. The molecule has 5 nitrogen and oxygen atoms in total. The Morgan fingerprint density at radius 3 is 2.17 bits per heavy atom. The molecule has 0 radical (unpaired) electrons. The van der Waals surface area contributed by atoms with Crippen molar-refractivity contribution in [2.45, 2.75) is 59.5 Å². The van der Waals surface area contributed by atoms with Crippen molar-refractivity contribution in [3.8, 4) is 0 Å². The highest BCUT2D eigenvalue weighted by atomic mass is 16.4.